The number of pyridine rings is 1. The van der Waals surface area contributed by atoms with Crippen molar-refractivity contribution < 1.29 is 19.0 Å². The van der Waals surface area contributed by atoms with Gasteiger partial charge < -0.3 is 14.2 Å². The molecule has 5 nitrogen and oxygen atoms in total. The summed E-state index contributed by atoms with van der Waals surface area (Å²) in [6.45, 7) is 2.33. The number of hydrogen-bond donors (Lipinski definition) is 0. The highest BCUT2D eigenvalue weighted by Gasteiger charge is 2.17. The number of aromatic nitrogens is 1. The van der Waals surface area contributed by atoms with Crippen molar-refractivity contribution in [1.82, 2.24) is 4.98 Å². The highest BCUT2D eigenvalue weighted by atomic mass is 16.6. The van der Waals surface area contributed by atoms with Crippen LogP contribution in [0.4, 0.5) is 0 Å². The number of rotatable bonds is 7. The van der Waals surface area contributed by atoms with Crippen LogP contribution >= 0.6 is 0 Å². The van der Waals surface area contributed by atoms with Crippen molar-refractivity contribution in [2.75, 3.05) is 20.3 Å². The number of benzene rings is 2. The van der Waals surface area contributed by atoms with Crippen LogP contribution in [-0.4, -0.2) is 31.3 Å². The van der Waals surface area contributed by atoms with Gasteiger partial charge in [-0.05, 0) is 47.5 Å². The van der Waals surface area contributed by atoms with Gasteiger partial charge in [-0.25, -0.2) is 0 Å². The first kappa shape index (κ1) is 17.7. The minimum absolute atomic E-state index is 0.197. The largest absolute Gasteiger partial charge is 0.497 e. The Hall–Kier alpha value is -3.08. The summed E-state index contributed by atoms with van der Waals surface area (Å²) in [6, 6.07) is 15.4. The van der Waals surface area contributed by atoms with Gasteiger partial charge in [-0.3, -0.25) is 9.78 Å². The number of carbonyl (C=O) groups is 1. The highest BCUT2D eigenvalue weighted by Crippen LogP contribution is 2.25. The molecule has 1 aromatic heterocycles. The lowest BCUT2D eigenvalue weighted by Crippen LogP contribution is -2.17. The summed E-state index contributed by atoms with van der Waals surface area (Å²) in [5, 5.41) is 2.13. The Morgan fingerprint density at radius 1 is 1.04 bits per heavy atom. The van der Waals surface area contributed by atoms with Gasteiger partial charge in [0, 0.05) is 6.20 Å². The summed E-state index contributed by atoms with van der Waals surface area (Å²) >= 11 is 0. The van der Waals surface area contributed by atoms with Crippen LogP contribution in [0.1, 0.15) is 18.4 Å². The lowest BCUT2D eigenvalue weighted by Gasteiger charge is -2.13. The molecule has 0 unspecified atom stereocenters. The first-order valence-corrected chi connectivity index (χ1v) is 8.44. The number of hydrogen-bond acceptors (Lipinski definition) is 5. The van der Waals surface area contributed by atoms with E-state index in [-0.39, 0.29) is 18.5 Å². The average Bonchev–Trinajstić information content (AvgIpc) is 2.70. The fourth-order valence-corrected chi connectivity index (χ4v) is 2.63. The van der Waals surface area contributed by atoms with E-state index in [4.69, 9.17) is 14.2 Å². The molecule has 0 amide bonds. The molecule has 3 rings (SSSR count). The third kappa shape index (κ3) is 4.30. The molecule has 0 aliphatic rings. The fraction of sp³-hybridized carbons (Fsp3) is 0.238. The third-order valence-electron chi connectivity index (χ3n) is 4.16. The van der Waals surface area contributed by atoms with Crippen molar-refractivity contribution >= 4 is 16.7 Å². The number of carbonyl (C=O) groups excluding carboxylic acids is 1. The second-order valence-corrected chi connectivity index (χ2v) is 5.90. The Bertz CT molecular complexity index is 880. The summed E-state index contributed by atoms with van der Waals surface area (Å²) in [4.78, 5) is 16.2. The van der Waals surface area contributed by atoms with Gasteiger partial charge in [-0.1, -0.05) is 24.3 Å². The lowest BCUT2D eigenvalue weighted by atomic mass is 9.98. The smallest absolute Gasteiger partial charge is 0.313 e. The second-order valence-electron chi connectivity index (χ2n) is 5.90. The van der Waals surface area contributed by atoms with Gasteiger partial charge in [0.25, 0.3) is 0 Å². The molecule has 0 aliphatic heterocycles. The van der Waals surface area contributed by atoms with Crippen LogP contribution in [0.3, 0.4) is 0 Å². The van der Waals surface area contributed by atoms with Gasteiger partial charge in [-0.15, -0.1) is 0 Å². The molecule has 5 heteroatoms. The van der Waals surface area contributed by atoms with Crippen molar-refractivity contribution in [2.24, 2.45) is 0 Å². The molecule has 1 atom stereocenters. The van der Waals surface area contributed by atoms with Crippen LogP contribution in [0.25, 0.3) is 10.8 Å². The monoisotopic (exact) mass is 351 g/mol. The van der Waals surface area contributed by atoms with Crippen LogP contribution in [-0.2, 0) is 9.53 Å². The van der Waals surface area contributed by atoms with Crippen LogP contribution in [0.15, 0.2) is 60.9 Å². The SMILES string of the molecule is COc1ccc2cc([C@H](C)C(=O)OCCOc3cccnc3)ccc2c1. The van der Waals surface area contributed by atoms with Crippen molar-refractivity contribution in [3.05, 3.63) is 66.5 Å². The second kappa shape index (κ2) is 8.34. The molecule has 2 aromatic carbocycles. The highest BCUT2D eigenvalue weighted by molar-refractivity contribution is 5.86. The van der Waals surface area contributed by atoms with Crippen LogP contribution < -0.4 is 9.47 Å². The number of nitrogens with zero attached hydrogens (tertiary/aromatic N) is 1. The Kier molecular flexibility index (Phi) is 5.69. The minimum Gasteiger partial charge on any atom is -0.497 e. The zero-order valence-electron chi connectivity index (χ0n) is 14.8. The predicted octanol–water partition coefficient (Wildman–Crippen LogP) is 3.97. The molecule has 3 aromatic rings. The van der Waals surface area contributed by atoms with Crippen molar-refractivity contribution in [3.63, 3.8) is 0 Å². The number of ether oxygens (including phenoxy) is 3. The number of esters is 1. The molecular weight excluding hydrogens is 330 g/mol. The van der Waals surface area contributed by atoms with E-state index < -0.39 is 0 Å². The van der Waals surface area contributed by atoms with E-state index in [1.807, 2.05) is 49.4 Å². The Balaban J connectivity index is 1.56. The van der Waals surface area contributed by atoms with Gasteiger partial charge in [0.2, 0.25) is 0 Å². The van der Waals surface area contributed by atoms with E-state index in [2.05, 4.69) is 4.98 Å². The number of fused-ring (bicyclic) bond motifs is 1. The predicted molar refractivity (Wildman–Crippen MR) is 99.6 cm³/mol. The Morgan fingerprint density at radius 3 is 2.62 bits per heavy atom. The number of methoxy groups -OCH3 is 1. The average molecular weight is 351 g/mol. The third-order valence-corrected chi connectivity index (χ3v) is 4.16. The molecule has 134 valence electrons. The van der Waals surface area contributed by atoms with E-state index >= 15 is 0 Å². The van der Waals surface area contributed by atoms with Crippen LogP contribution in [0.5, 0.6) is 11.5 Å². The zero-order chi connectivity index (χ0) is 18.4. The summed E-state index contributed by atoms with van der Waals surface area (Å²) in [6.07, 6.45) is 3.29. The molecule has 1 heterocycles. The van der Waals surface area contributed by atoms with E-state index in [9.17, 15) is 4.79 Å². The molecule has 0 aliphatic carbocycles. The van der Waals surface area contributed by atoms with Crippen molar-refractivity contribution in [1.29, 1.82) is 0 Å². The van der Waals surface area contributed by atoms with Gasteiger partial charge in [-0.2, -0.15) is 0 Å². The van der Waals surface area contributed by atoms with E-state index in [1.54, 1.807) is 25.6 Å². The summed E-state index contributed by atoms with van der Waals surface area (Å²) in [7, 11) is 1.64. The van der Waals surface area contributed by atoms with Crippen LogP contribution in [0, 0.1) is 0 Å². The maximum absolute atomic E-state index is 12.3. The molecule has 0 spiro atoms. The fourth-order valence-electron chi connectivity index (χ4n) is 2.63. The quantitative estimate of drug-likeness (QED) is 0.476. The van der Waals surface area contributed by atoms with Crippen molar-refractivity contribution in [3.8, 4) is 11.5 Å². The Labute approximate surface area is 152 Å². The maximum atomic E-state index is 12.3. The van der Waals surface area contributed by atoms with E-state index in [0.717, 1.165) is 22.1 Å². The van der Waals surface area contributed by atoms with Gasteiger partial charge >= 0.3 is 5.97 Å². The molecule has 0 fully saturated rings. The van der Waals surface area contributed by atoms with E-state index in [0.29, 0.717) is 12.4 Å². The molecule has 0 saturated heterocycles. The van der Waals surface area contributed by atoms with E-state index in [1.165, 1.54) is 0 Å². The van der Waals surface area contributed by atoms with Gasteiger partial charge in [0.05, 0.1) is 19.2 Å². The first-order valence-electron chi connectivity index (χ1n) is 8.44. The first-order chi connectivity index (χ1) is 12.7. The normalized spacial score (nSPS) is 11.8. The summed E-state index contributed by atoms with van der Waals surface area (Å²) in [5.74, 6) is 0.848. The topological polar surface area (TPSA) is 57.7 Å². The lowest BCUT2D eigenvalue weighted by molar-refractivity contribution is -0.145. The molecular formula is C21H21NO4. The molecule has 0 N–H and O–H groups in total. The van der Waals surface area contributed by atoms with Crippen molar-refractivity contribution in [2.45, 2.75) is 12.8 Å². The molecule has 0 bridgehead atoms. The standard InChI is InChI=1S/C21H21NO4/c1-15(21(23)26-11-10-25-20-4-3-9-22-14-20)16-5-6-18-13-19(24-2)8-7-17(18)12-16/h3-9,12-15H,10-11H2,1-2H3/t15-/m0/s1. The van der Waals surface area contributed by atoms with Gasteiger partial charge in [0.1, 0.15) is 24.7 Å². The molecule has 0 saturated carbocycles. The molecule has 0 radical (unpaired) electrons. The minimum atomic E-state index is -0.347. The van der Waals surface area contributed by atoms with Gasteiger partial charge in [0.15, 0.2) is 0 Å². The Morgan fingerprint density at radius 2 is 1.85 bits per heavy atom. The zero-order valence-corrected chi connectivity index (χ0v) is 14.8. The summed E-state index contributed by atoms with van der Waals surface area (Å²) < 4.78 is 16.0. The molecule has 26 heavy (non-hydrogen) atoms. The summed E-state index contributed by atoms with van der Waals surface area (Å²) in [5.41, 5.74) is 0.917. The maximum Gasteiger partial charge on any atom is 0.313 e. The van der Waals surface area contributed by atoms with Crippen LogP contribution in [0.2, 0.25) is 0 Å².